The zero-order valence-electron chi connectivity index (χ0n) is 10.1. The predicted molar refractivity (Wildman–Crippen MR) is 71.0 cm³/mol. The van der Waals surface area contributed by atoms with Crippen LogP contribution in [-0.4, -0.2) is 20.1 Å². The van der Waals surface area contributed by atoms with Crippen molar-refractivity contribution in [2.75, 3.05) is 20.1 Å². The van der Waals surface area contributed by atoms with Gasteiger partial charge >= 0.3 is 0 Å². The van der Waals surface area contributed by atoms with Crippen molar-refractivity contribution in [2.24, 2.45) is 0 Å². The Kier molecular flexibility index (Phi) is 6.46. The van der Waals surface area contributed by atoms with Crippen LogP contribution >= 0.6 is 11.6 Å². The lowest BCUT2D eigenvalue weighted by Crippen LogP contribution is -2.30. The van der Waals surface area contributed by atoms with Crippen LogP contribution in [0.4, 0.5) is 0 Å². The van der Waals surface area contributed by atoms with Gasteiger partial charge in [0, 0.05) is 17.6 Å². The van der Waals surface area contributed by atoms with Crippen LogP contribution in [0.3, 0.4) is 0 Å². The minimum absolute atomic E-state index is 0.297. The van der Waals surface area contributed by atoms with Crippen LogP contribution < -0.4 is 10.6 Å². The second-order valence-corrected chi connectivity index (χ2v) is 4.35. The molecule has 0 aromatic heterocycles. The maximum atomic E-state index is 6.20. The van der Waals surface area contributed by atoms with E-state index in [0.717, 1.165) is 18.1 Å². The highest BCUT2D eigenvalue weighted by Gasteiger charge is 2.12. The zero-order chi connectivity index (χ0) is 11.8. The molecule has 1 aromatic rings. The molecule has 2 nitrogen and oxygen atoms in total. The van der Waals surface area contributed by atoms with Gasteiger partial charge in [-0.2, -0.15) is 0 Å². The molecule has 1 rings (SSSR count). The van der Waals surface area contributed by atoms with Crippen molar-refractivity contribution >= 4 is 11.6 Å². The van der Waals surface area contributed by atoms with E-state index in [1.165, 1.54) is 18.4 Å². The van der Waals surface area contributed by atoms with Gasteiger partial charge in [-0.3, -0.25) is 0 Å². The minimum atomic E-state index is 0.297. The average molecular weight is 241 g/mol. The lowest BCUT2D eigenvalue weighted by molar-refractivity contribution is 0.500. The Balaban J connectivity index is 2.65. The van der Waals surface area contributed by atoms with Crippen molar-refractivity contribution in [2.45, 2.75) is 25.8 Å². The first kappa shape index (κ1) is 13.5. The van der Waals surface area contributed by atoms with Crippen molar-refractivity contribution in [3.63, 3.8) is 0 Å². The summed E-state index contributed by atoms with van der Waals surface area (Å²) < 4.78 is 0. The van der Waals surface area contributed by atoms with E-state index in [1.54, 1.807) is 0 Å². The Morgan fingerprint density at radius 1 is 1.31 bits per heavy atom. The molecule has 0 fully saturated rings. The van der Waals surface area contributed by atoms with Gasteiger partial charge in [0.15, 0.2) is 0 Å². The van der Waals surface area contributed by atoms with Crippen LogP contribution in [0.5, 0.6) is 0 Å². The molecule has 90 valence electrons. The van der Waals surface area contributed by atoms with Crippen molar-refractivity contribution < 1.29 is 0 Å². The van der Waals surface area contributed by atoms with Crippen molar-refractivity contribution in [3.8, 4) is 0 Å². The van der Waals surface area contributed by atoms with Crippen LogP contribution in [0.15, 0.2) is 24.3 Å². The van der Waals surface area contributed by atoms with Crippen molar-refractivity contribution in [1.82, 2.24) is 10.6 Å². The fourth-order valence-electron chi connectivity index (χ4n) is 1.71. The number of benzene rings is 1. The number of rotatable bonds is 7. The summed E-state index contributed by atoms with van der Waals surface area (Å²) in [6.07, 6.45) is 2.41. The van der Waals surface area contributed by atoms with Crippen LogP contribution in [-0.2, 0) is 0 Å². The van der Waals surface area contributed by atoms with Gasteiger partial charge in [-0.15, -0.1) is 0 Å². The largest absolute Gasteiger partial charge is 0.318 e. The molecule has 0 bridgehead atoms. The molecular formula is C13H21ClN2. The number of halogens is 1. The molecular weight excluding hydrogens is 220 g/mol. The van der Waals surface area contributed by atoms with E-state index in [9.17, 15) is 0 Å². The normalized spacial score (nSPS) is 12.7. The van der Waals surface area contributed by atoms with Crippen molar-refractivity contribution in [3.05, 3.63) is 34.9 Å². The molecule has 0 heterocycles. The van der Waals surface area contributed by atoms with Gasteiger partial charge in [-0.25, -0.2) is 0 Å². The average Bonchev–Trinajstić information content (AvgIpc) is 2.29. The molecule has 1 atom stereocenters. The highest BCUT2D eigenvalue weighted by Crippen LogP contribution is 2.22. The van der Waals surface area contributed by atoms with E-state index in [2.05, 4.69) is 23.6 Å². The highest BCUT2D eigenvalue weighted by atomic mass is 35.5. The van der Waals surface area contributed by atoms with E-state index in [1.807, 2.05) is 25.2 Å². The van der Waals surface area contributed by atoms with Gasteiger partial charge in [-0.05, 0) is 31.6 Å². The Morgan fingerprint density at radius 2 is 2.06 bits per heavy atom. The zero-order valence-corrected chi connectivity index (χ0v) is 10.8. The Labute approximate surface area is 103 Å². The summed E-state index contributed by atoms with van der Waals surface area (Å²) in [6, 6.07) is 8.33. The third-order valence-electron chi connectivity index (χ3n) is 2.61. The van der Waals surface area contributed by atoms with Gasteiger partial charge in [0.1, 0.15) is 0 Å². The molecule has 0 saturated heterocycles. The first-order valence-electron chi connectivity index (χ1n) is 5.92. The maximum Gasteiger partial charge on any atom is 0.0461 e. The van der Waals surface area contributed by atoms with Gasteiger partial charge in [0.05, 0.1) is 0 Å². The van der Waals surface area contributed by atoms with E-state index in [-0.39, 0.29) is 0 Å². The Bertz CT molecular complexity index is 302. The number of hydrogen-bond acceptors (Lipinski definition) is 2. The summed E-state index contributed by atoms with van der Waals surface area (Å²) in [7, 11) is 1.96. The first-order chi connectivity index (χ1) is 7.79. The molecule has 0 saturated carbocycles. The second kappa shape index (κ2) is 7.66. The molecule has 3 heteroatoms. The Morgan fingerprint density at radius 3 is 2.69 bits per heavy atom. The summed E-state index contributed by atoms with van der Waals surface area (Å²) in [6.45, 7) is 4.13. The van der Waals surface area contributed by atoms with Crippen LogP contribution in [0.25, 0.3) is 0 Å². The quantitative estimate of drug-likeness (QED) is 0.716. The summed E-state index contributed by atoms with van der Waals surface area (Å²) in [5, 5.41) is 7.57. The number of hydrogen-bond donors (Lipinski definition) is 2. The maximum absolute atomic E-state index is 6.20. The third-order valence-corrected chi connectivity index (χ3v) is 2.95. The summed E-state index contributed by atoms with van der Waals surface area (Å²) in [5.41, 5.74) is 1.18. The van der Waals surface area contributed by atoms with Gasteiger partial charge < -0.3 is 10.6 Å². The van der Waals surface area contributed by atoms with E-state index in [4.69, 9.17) is 11.6 Å². The predicted octanol–water partition coefficient (Wildman–Crippen LogP) is 2.99. The monoisotopic (exact) mass is 240 g/mol. The highest BCUT2D eigenvalue weighted by molar-refractivity contribution is 6.31. The molecule has 0 amide bonds. The van der Waals surface area contributed by atoms with Gasteiger partial charge in [0.2, 0.25) is 0 Å². The number of likely N-dealkylation sites (N-methyl/N-ethyl adjacent to an activating group) is 1. The lowest BCUT2D eigenvalue weighted by atomic mass is 10.1. The lowest BCUT2D eigenvalue weighted by Gasteiger charge is -2.19. The standard InChI is InChI=1S/C13H21ClN2/c1-3-4-9-16-13(10-15-2)11-7-5-6-8-12(11)14/h5-8,13,15-16H,3-4,9-10H2,1-2H3. The van der Waals surface area contributed by atoms with Gasteiger partial charge in [0.25, 0.3) is 0 Å². The molecule has 0 radical (unpaired) electrons. The number of nitrogens with one attached hydrogen (secondary N) is 2. The van der Waals surface area contributed by atoms with E-state index in [0.29, 0.717) is 6.04 Å². The first-order valence-corrected chi connectivity index (χ1v) is 6.29. The smallest absolute Gasteiger partial charge is 0.0461 e. The molecule has 1 unspecified atom stereocenters. The van der Waals surface area contributed by atoms with Crippen LogP contribution in [0.2, 0.25) is 5.02 Å². The van der Waals surface area contributed by atoms with Crippen molar-refractivity contribution in [1.29, 1.82) is 0 Å². The third kappa shape index (κ3) is 4.12. The Hall–Kier alpha value is -0.570. The summed E-state index contributed by atoms with van der Waals surface area (Å²) in [4.78, 5) is 0. The molecule has 1 aromatic carbocycles. The molecule has 0 spiro atoms. The molecule has 0 aliphatic carbocycles. The SMILES string of the molecule is CCCCNC(CNC)c1ccccc1Cl. The molecule has 0 aliphatic rings. The van der Waals surface area contributed by atoms with Crippen LogP contribution in [0, 0.1) is 0 Å². The summed E-state index contributed by atoms with van der Waals surface area (Å²) >= 11 is 6.20. The summed E-state index contributed by atoms with van der Waals surface area (Å²) in [5.74, 6) is 0. The topological polar surface area (TPSA) is 24.1 Å². The second-order valence-electron chi connectivity index (χ2n) is 3.94. The fraction of sp³-hybridized carbons (Fsp3) is 0.538. The fourth-order valence-corrected chi connectivity index (χ4v) is 1.97. The number of unbranched alkanes of at least 4 members (excludes halogenated alkanes) is 1. The van der Waals surface area contributed by atoms with Crippen LogP contribution in [0.1, 0.15) is 31.4 Å². The molecule has 0 aliphatic heterocycles. The molecule has 16 heavy (non-hydrogen) atoms. The molecule has 2 N–H and O–H groups in total. The minimum Gasteiger partial charge on any atom is -0.318 e. The van der Waals surface area contributed by atoms with E-state index < -0.39 is 0 Å². The van der Waals surface area contributed by atoms with Gasteiger partial charge in [-0.1, -0.05) is 43.1 Å². The van der Waals surface area contributed by atoms with E-state index >= 15 is 0 Å².